The molecule has 198 valence electrons. The van der Waals surface area contributed by atoms with Crippen molar-refractivity contribution in [3.63, 3.8) is 0 Å². The van der Waals surface area contributed by atoms with Gasteiger partial charge in [-0.3, -0.25) is 0 Å². The Bertz CT molecular complexity index is 1060. The van der Waals surface area contributed by atoms with E-state index in [9.17, 15) is 13.2 Å². The van der Waals surface area contributed by atoms with Crippen molar-refractivity contribution in [1.82, 2.24) is 14.8 Å². The Balaban J connectivity index is 1.53. The third kappa shape index (κ3) is 6.74. The van der Waals surface area contributed by atoms with Gasteiger partial charge in [-0.05, 0) is 70.3 Å². The molecule has 0 unspecified atom stereocenters. The molecular formula is C27H37F3N4O2. The first-order valence-electron chi connectivity index (χ1n) is 12.7. The summed E-state index contributed by atoms with van der Waals surface area (Å²) >= 11 is 0. The van der Waals surface area contributed by atoms with E-state index in [1.165, 1.54) is 4.57 Å². The number of rotatable bonds is 7. The van der Waals surface area contributed by atoms with Gasteiger partial charge in [0.25, 0.3) is 0 Å². The monoisotopic (exact) mass is 506 g/mol. The number of benzene rings is 1. The summed E-state index contributed by atoms with van der Waals surface area (Å²) in [7, 11) is 5.87. The van der Waals surface area contributed by atoms with Crippen molar-refractivity contribution >= 4 is 16.6 Å². The zero-order valence-electron chi connectivity index (χ0n) is 21.3. The lowest BCUT2D eigenvalue weighted by Crippen LogP contribution is -2.47. The Morgan fingerprint density at radius 1 is 1.17 bits per heavy atom. The highest BCUT2D eigenvalue weighted by molar-refractivity contribution is 5.94. The summed E-state index contributed by atoms with van der Waals surface area (Å²) in [6, 6.07) is 8.30. The third-order valence-corrected chi connectivity index (χ3v) is 7.35. The van der Waals surface area contributed by atoms with E-state index >= 15 is 0 Å². The Morgan fingerprint density at radius 3 is 2.64 bits per heavy atom. The molecule has 36 heavy (non-hydrogen) atoms. The van der Waals surface area contributed by atoms with Crippen LogP contribution in [0, 0.1) is 11.8 Å². The molecule has 2 atom stereocenters. The molecule has 0 radical (unpaired) electrons. The molecule has 2 heterocycles. The number of alkyl halides is 3. The lowest BCUT2D eigenvalue weighted by atomic mass is 9.90. The minimum Gasteiger partial charge on any atom is -0.382 e. The fourth-order valence-electron chi connectivity index (χ4n) is 5.31. The molecular weight excluding hydrogens is 469 g/mol. The molecule has 2 aromatic rings. The van der Waals surface area contributed by atoms with Gasteiger partial charge in [0.05, 0.1) is 30.5 Å². The number of hydrogen-bond donors (Lipinski definition) is 2. The van der Waals surface area contributed by atoms with Gasteiger partial charge in [-0.15, -0.1) is 0 Å². The molecule has 2 aliphatic rings. The second-order valence-electron chi connectivity index (χ2n) is 10.0. The van der Waals surface area contributed by atoms with Gasteiger partial charge in [0.2, 0.25) is 0 Å². The van der Waals surface area contributed by atoms with Crippen molar-refractivity contribution < 1.29 is 22.6 Å². The number of nitrogens with zero attached hydrogens (tertiary/aromatic N) is 2. The molecule has 4 rings (SSSR count). The third-order valence-electron chi connectivity index (χ3n) is 7.35. The maximum absolute atomic E-state index is 13.5. The second kappa shape index (κ2) is 11.9. The van der Waals surface area contributed by atoms with Gasteiger partial charge in [-0.2, -0.15) is 13.2 Å². The lowest BCUT2D eigenvalue weighted by molar-refractivity contribution is -0.140. The first-order chi connectivity index (χ1) is 17.2. The fraction of sp³-hybridized carbons (Fsp3) is 0.630. The summed E-state index contributed by atoms with van der Waals surface area (Å²) in [5, 5.41) is 7.73. The topological polar surface area (TPSA) is 50.7 Å². The summed E-state index contributed by atoms with van der Waals surface area (Å²) in [5.41, 5.74) is 1.78. The SMILES string of the molecule is CO[C@@H]1COCC[C@H]1NCC#Cc1cc2c(NC3CCC(N(C)C)CC3)cccc2n1CC(F)(F)F. The minimum absolute atomic E-state index is 0.0568. The second-order valence-corrected chi connectivity index (χ2v) is 10.0. The lowest BCUT2D eigenvalue weighted by Gasteiger charge is -2.33. The molecule has 1 aliphatic heterocycles. The Kier molecular flexibility index (Phi) is 8.83. The standard InChI is InChI=1S/C27H37F3N4O2/c1-33(2)20-11-9-19(10-12-20)32-23-7-4-8-25-22(23)16-21(34(25)18-27(28,29)30)6-5-14-31-24-13-15-36-17-26(24)35-3/h4,7-8,16,19-20,24,26,31-32H,9-15,17-18H2,1-3H3/t19?,20?,24-,26-/m1/s1. The predicted octanol–water partition coefficient (Wildman–Crippen LogP) is 4.23. The first kappa shape index (κ1) is 26.8. The zero-order chi connectivity index (χ0) is 25.7. The highest BCUT2D eigenvalue weighted by Gasteiger charge is 2.30. The Labute approximate surface area is 211 Å². The molecule has 0 spiro atoms. The van der Waals surface area contributed by atoms with E-state index in [-0.39, 0.29) is 12.1 Å². The van der Waals surface area contributed by atoms with Crippen molar-refractivity contribution in [1.29, 1.82) is 0 Å². The number of fused-ring (bicyclic) bond motifs is 1. The van der Waals surface area contributed by atoms with Crippen LogP contribution in [-0.4, -0.2) is 80.8 Å². The van der Waals surface area contributed by atoms with Crippen LogP contribution in [-0.2, 0) is 16.0 Å². The number of aromatic nitrogens is 1. The van der Waals surface area contributed by atoms with E-state index in [1.807, 2.05) is 12.1 Å². The van der Waals surface area contributed by atoms with Crippen molar-refractivity contribution in [2.75, 3.05) is 46.3 Å². The van der Waals surface area contributed by atoms with Gasteiger partial charge in [0.15, 0.2) is 0 Å². The Morgan fingerprint density at radius 2 is 1.94 bits per heavy atom. The van der Waals surface area contributed by atoms with Crippen molar-refractivity contribution in [3.05, 3.63) is 30.0 Å². The van der Waals surface area contributed by atoms with E-state index in [4.69, 9.17) is 9.47 Å². The van der Waals surface area contributed by atoms with Crippen LogP contribution in [0.15, 0.2) is 24.3 Å². The van der Waals surface area contributed by atoms with Gasteiger partial charge < -0.3 is 29.6 Å². The molecule has 1 aliphatic carbocycles. The first-order valence-corrected chi connectivity index (χ1v) is 12.7. The number of methoxy groups -OCH3 is 1. The number of ether oxygens (including phenoxy) is 2. The van der Waals surface area contributed by atoms with Gasteiger partial charge in [0.1, 0.15) is 6.54 Å². The molecule has 1 saturated carbocycles. The van der Waals surface area contributed by atoms with E-state index in [2.05, 4.69) is 41.5 Å². The van der Waals surface area contributed by atoms with Crippen LogP contribution in [0.1, 0.15) is 37.8 Å². The largest absolute Gasteiger partial charge is 0.406 e. The summed E-state index contributed by atoms with van der Waals surface area (Å²) in [5.74, 6) is 6.02. The molecule has 0 bridgehead atoms. The quantitative estimate of drug-likeness (QED) is 0.551. The van der Waals surface area contributed by atoms with Crippen LogP contribution < -0.4 is 10.6 Å². The van der Waals surface area contributed by atoms with Crippen LogP contribution in [0.3, 0.4) is 0 Å². The van der Waals surface area contributed by atoms with E-state index in [1.54, 1.807) is 19.2 Å². The predicted molar refractivity (Wildman–Crippen MR) is 136 cm³/mol. The normalized spacial score (nSPS) is 25.1. The molecule has 6 nitrogen and oxygen atoms in total. The van der Waals surface area contributed by atoms with Crippen LogP contribution in [0.4, 0.5) is 18.9 Å². The summed E-state index contributed by atoms with van der Waals surface area (Å²) in [6.07, 6.45) is 0.694. The van der Waals surface area contributed by atoms with Gasteiger partial charge in [-0.1, -0.05) is 12.0 Å². The van der Waals surface area contributed by atoms with Crippen molar-refractivity contribution in [2.24, 2.45) is 0 Å². The molecule has 2 fully saturated rings. The van der Waals surface area contributed by atoms with E-state index < -0.39 is 12.7 Å². The van der Waals surface area contributed by atoms with Gasteiger partial charge >= 0.3 is 6.18 Å². The summed E-state index contributed by atoms with van der Waals surface area (Å²) in [4.78, 5) is 2.27. The molecule has 1 aromatic heterocycles. The van der Waals surface area contributed by atoms with Crippen LogP contribution in [0.25, 0.3) is 10.9 Å². The van der Waals surface area contributed by atoms with Crippen molar-refractivity contribution in [3.8, 4) is 11.8 Å². The van der Waals surface area contributed by atoms with Crippen LogP contribution >= 0.6 is 0 Å². The maximum Gasteiger partial charge on any atom is 0.406 e. The number of hydrogen-bond acceptors (Lipinski definition) is 5. The van der Waals surface area contributed by atoms with Gasteiger partial charge in [0, 0.05) is 42.9 Å². The van der Waals surface area contributed by atoms with E-state index in [0.717, 1.165) is 43.2 Å². The van der Waals surface area contributed by atoms with Crippen molar-refractivity contribution in [2.45, 2.75) is 69.1 Å². The number of halogens is 3. The van der Waals surface area contributed by atoms with Crippen LogP contribution in [0.5, 0.6) is 0 Å². The zero-order valence-corrected chi connectivity index (χ0v) is 21.3. The molecule has 1 saturated heterocycles. The summed E-state index contributed by atoms with van der Waals surface area (Å²) in [6.45, 7) is 0.459. The van der Waals surface area contributed by atoms with E-state index in [0.29, 0.717) is 43.1 Å². The Hall–Kier alpha value is -2.25. The maximum atomic E-state index is 13.5. The molecule has 1 aromatic carbocycles. The molecule has 9 heteroatoms. The molecule has 0 amide bonds. The number of anilines is 1. The smallest absolute Gasteiger partial charge is 0.382 e. The fourth-order valence-corrected chi connectivity index (χ4v) is 5.31. The average molecular weight is 507 g/mol. The number of nitrogens with one attached hydrogen (secondary N) is 2. The summed E-state index contributed by atoms with van der Waals surface area (Å²) < 4.78 is 52.6. The highest BCUT2D eigenvalue weighted by atomic mass is 19.4. The van der Waals surface area contributed by atoms with Crippen LogP contribution in [0.2, 0.25) is 0 Å². The minimum atomic E-state index is -4.34. The highest BCUT2D eigenvalue weighted by Crippen LogP contribution is 2.32. The molecule has 2 N–H and O–H groups in total. The average Bonchev–Trinajstić information content (AvgIpc) is 3.19. The van der Waals surface area contributed by atoms with Gasteiger partial charge in [-0.25, -0.2) is 0 Å².